The third-order valence-corrected chi connectivity index (χ3v) is 5.72. The SMILES string of the molecule is CC(=O)n1c(O)c(C(=Nc2ccc(N(C)C(=O)C(F)(F)F)cc2)c2ccccc2)c2ccc(C)cc21. The first kappa shape index (κ1) is 24.7. The molecule has 0 aliphatic carbocycles. The molecule has 0 aliphatic heterocycles. The number of rotatable bonds is 4. The fourth-order valence-electron chi connectivity index (χ4n) is 3.98. The lowest BCUT2D eigenvalue weighted by molar-refractivity contribution is -0.170. The van der Waals surface area contributed by atoms with Crippen LogP contribution in [0.5, 0.6) is 5.88 Å². The number of hydrogen-bond donors (Lipinski definition) is 1. The molecule has 4 aromatic rings. The number of aliphatic imine (C=N–C) groups is 1. The van der Waals surface area contributed by atoms with Gasteiger partial charge in [0.1, 0.15) is 0 Å². The van der Waals surface area contributed by atoms with Gasteiger partial charge < -0.3 is 10.0 Å². The van der Waals surface area contributed by atoms with Gasteiger partial charge in [0.15, 0.2) is 0 Å². The number of nitrogens with zero attached hydrogens (tertiary/aromatic N) is 3. The largest absolute Gasteiger partial charge is 0.494 e. The first-order valence-corrected chi connectivity index (χ1v) is 10.9. The number of alkyl halides is 3. The van der Waals surface area contributed by atoms with E-state index >= 15 is 0 Å². The van der Waals surface area contributed by atoms with E-state index in [4.69, 9.17) is 4.99 Å². The number of aryl methyl sites for hydroxylation is 1. The van der Waals surface area contributed by atoms with Crippen molar-refractivity contribution >= 4 is 39.8 Å². The van der Waals surface area contributed by atoms with Crippen LogP contribution in [0.25, 0.3) is 10.9 Å². The van der Waals surface area contributed by atoms with Gasteiger partial charge in [-0.1, -0.05) is 42.5 Å². The minimum absolute atomic E-state index is 0.0454. The van der Waals surface area contributed by atoms with Crippen LogP contribution in [-0.2, 0) is 4.79 Å². The summed E-state index contributed by atoms with van der Waals surface area (Å²) in [6, 6.07) is 20.2. The van der Waals surface area contributed by atoms with Crippen molar-refractivity contribution in [2.45, 2.75) is 20.0 Å². The van der Waals surface area contributed by atoms with Crippen LogP contribution in [0.15, 0.2) is 77.8 Å². The molecule has 1 aromatic heterocycles. The maximum atomic E-state index is 12.8. The molecular weight excluding hydrogens is 471 g/mol. The van der Waals surface area contributed by atoms with E-state index in [2.05, 4.69) is 0 Å². The van der Waals surface area contributed by atoms with Gasteiger partial charge in [-0.2, -0.15) is 13.2 Å². The molecule has 1 heterocycles. The highest BCUT2D eigenvalue weighted by Gasteiger charge is 2.41. The molecular formula is C27H22F3N3O3. The number of fused-ring (bicyclic) bond motifs is 1. The Morgan fingerprint density at radius 1 is 0.972 bits per heavy atom. The standard InChI is InChI=1S/C27H22F3N3O3/c1-16-9-14-21-22(15-16)33(17(2)34)25(35)23(21)24(18-7-5-4-6-8-18)31-19-10-12-20(13-11-19)32(3)26(36)27(28,29)30/h4-15,35H,1-3H3. The average molecular weight is 493 g/mol. The third kappa shape index (κ3) is 4.59. The number of halogens is 3. The van der Waals surface area contributed by atoms with E-state index in [0.717, 1.165) is 12.6 Å². The molecule has 0 radical (unpaired) electrons. The summed E-state index contributed by atoms with van der Waals surface area (Å²) in [6.07, 6.45) is -4.99. The molecule has 6 nitrogen and oxygen atoms in total. The molecule has 36 heavy (non-hydrogen) atoms. The third-order valence-electron chi connectivity index (χ3n) is 5.72. The van der Waals surface area contributed by atoms with Crippen LogP contribution in [0, 0.1) is 6.92 Å². The zero-order chi connectivity index (χ0) is 26.2. The van der Waals surface area contributed by atoms with Gasteiger partial charge in [0.05, 0.1) is 22.5 Å². The van der Waals surface area contributed by atoms with Crippen LogP contribution in [0.1, 0.15) is 28.4 Å². The molecule has 0 atom stereocenters. The van der Waals surface area contributed by atoms with Crippen LogP contribution in [0.2, 0.25) is 0 Å². The Kier molecular flexibility index (Phi) is 6.41. The highest BCUT2D eigenvalue weighted by Crippen LogP contribution is 2.35. The molecule has 0 saturated heterocycles. The summed E-state index contributed by atoms with van der Waals surface area (Å²) in [6.45, 7) is 3.23. The van der Waals surface area contributed by atoms with Crippen molar-refractivity contribution in [3.8, 4) is 5.88 Å². The van der Waals surface area contributed by atoms with Crippen molar-refractivity contribution < 1.29 is 27.9 Å². The normalized spacial score (nSPS) is 12.1. The summed E-state index contributed by atoms with van der Waals surface area (Å²) in [5.41, 5.74) is 3.23. The number of hydrogen-bond acceptors (Lipinski definition) is 4. The Morgan fingerprint density at radius 2 is 1.61 bits per heavy atom. The monoisotopic (exact) mass is 493 g/mol. The van der Waals surface area contributed by atoms with Crippen molar-refractivity contribution in [3.63, 3.8) is 0 Å². The minimum Gasteiger partial charge on any atom is -0.494 e. The molecule has 0 aliphatic rings. The topological polar surface area (TPSA) is 74.9 Å². The number of anilines is 1. The highest BCUT2D eigenvalue weighted by molar-refractivity contribution is 6.23. The molecule has 1 amide bonds. The van der Waals surface area contributed by atoms with Crippen LogP contribution in [-0.4, -0.2) is 40.4 Å². The van der Waals surface area contributed by atoms with Crippen molar-refractivity contribution in [2.24, 2.45) is 4.99 Å². The predicted octanol–water partition coefficient (Wildman–Crippen LogP) is 6.01. The summed E-state index contributed by atoms with van der Waals surface area (Å²) in [5.74, 6) is -2.62. The molecule has 0 unspecified atom stereocenters. The van der Waals surface area contributed by atoms with Crippen LogP contribution in [0.4, 0.5) is 24.5 Å². The lowest BCUT2D eigenvalue weighted by atomic mass is 10.00. The molecule has 0 bridgehead atoms. The number of benzene rings is 3. The number of aromatic nitrogens is 1. The van der Waals surface area contributed by atoms with Crippen molar-refractivity contribution in [1.29, 1.82) is 0 Å². The zero-order valence-corrected chi connectivity index (χ0v) is 19.7. The van der Waals surface area contributed by atoms with E-state index in [0.29, 0.717) is 38.3 Å². The molecule has 0 fully saturated rings. The van der Waals surface area contributed by atoms with Gasteiger partial charge in [0.2, 0.25) is 11.8 Å². The quantitative estimate of drug-likeness (QED) is 0.354. The lowest BCUT2D eigenvalue weighted by Gasteiger charge is -2.18. The first-order valence-electron chi connectivity index (χ1n) is 10.9. The van der Waals surface area contributed by atoms with Crippen LogP contribution >= 0.6 is 0 Å². The van der Waals surface area contributed by atoms with Crippen LogP contribution in [0.3, 0.4) is 0 Å². The fraction of sp³-hybridized carbons (Fsp3) is 0.148. The number of carbonyl (C=O) groups excluding carboxylic acids is 2. The van der Waals surface area contributed by atoms with Gasteiger partial charge in [-0.3, -0.25) is 14.2 Å². The summed E-state index contributed by atoms with van der Waals surface area (Å²) in [5, 5.41) is 11.8. The second-order valence-electron chi connectivity index (χ2n) is 8.28. The van der Waals surface area contributed by atoms with Crippen molar-refractivity contribution in [2.75, 3.05) is 11.9 Å². The molecule has 4 rings (SSSR count). The Labute approximate surface area is 204 Å². The van der Waals surface area contributed by atoms with Gasteiger partial charge in [-0.25, -0.2) is 4.99 Å². The van der Waals surface area contributed by atoms with E-state index in [1.54, 1.807) is 36.4 Å². The van der Waals surface area contributed by atoms with Gasteiger partial charge in [0.25, 0.3) is 0 Å². The molecule has 0 saturated carbocycles. The Hall–Kier alpha value is -4.40. The first-order chi connectivity index (χ1) is 17.0. The summed E-state index contributed by atoms with van der Waals surface area (Å²) in [7, 11) is 1.04. The highest BCUT2D eigenvalue weighted by atomic mass is 19.4. The van der Waals surface area contributed by atoms with Gasteiger partial charge >= 0.3 is 12.1 Å². The lowest BCUT2D eigenvalue weighted by Crippen LogP contribution is -2.38. The summed E-state index contributed by atoms with van der Waals surface area (Å²) >= 11 is 0. The van der Waals surface area contributed by atoms with E-state index < -0.39 is 12.1 Å². The molecule has 9 heteroatoms. The second kappa shape index (κ2) is 9.33. The Morgan fingerprint density at radius 3 is 2.19 bits per heavy atom. The zero-order valence-electron chi connectivity index (χ0n) is 19.7. The van der Waals surface area contributed by atoms with E-state index in [1.165, 1.54) is 35.8 Å². The van der Waals surface area contributed by atoms with Gasteiger partial charge in [-0.05, 0) is 42.8 Å². The van der Waals surface area contributed by atoms with Gasteiger partial charge in [-0.15, -0.1) is 0 Å². The predicted molar refractivity (Wildman–Crippen MR) is 132 cm³/mol. The smallest absolute Gasteiger partial charge is 0.471 e. The molecule has 3 aromatic carbocycles. The maximum Gasteiger partial charge on any atom is 0.471 e. The van der Waals surface area contributed by atoms with E-state index in [9.17, 15) is 27.9 Å². The summed E-state index contributed by atoms with van der Waals surface area (Å²) < 4.78 is 39.6. The van der Waals surface area contributed by atoms with Gasteiger partial charge in [0, 0.05) is 30.6 Å². The maximum absolute atomic E-state index is 12.8. The van der Waals surface area contributed by atoms with Crippen LogP contribution < -0.4 is 4.90 Å². The Balaban J connectivity index is 1.89. The number of aromatic hydroxyl groups is 1. The average Bonchev–Trinajstić information content (AvgIpc) is 3.12. The van der Waals surface area contributed by atoms with Crippen molar-refractivity contribution in [1.82, 2.24) is 4.57 Å². The van der Waals surface area contributed by atoms with E-state index in [1.807, 2.05) is 19.1 Å². The molecule has 0 spiro atoms. The fourth-order valence-corrected chi connectivity index (χ4v) is 3.98. The number of carbonyl (C=O) groups is 2. The molecule has 1 N–H and O–H groups in total. The summed E-state index contributed by atoms with van der Waals surface area (Å²) in [4.78, 5) is 29.2. The Bertz CT molecular complexity index is 1490. The number of amides is 1. The second-order valence-corrected chi connectivity index (χ2v) is 8.28. The minimum atomic E-state index is -4.99. The van der Waals surface area contributed by atoms with Crippen molar-refractivity contribution in [3.05, 3.63) is 89.5 Å². The molecule has 184 valence electrons. The van der Waals surface area contributed by atoms with E-state index in [-0.39, 0.29) is 17.5 Å².